The van der Waals surface area contributed by atoms with Crippen LogP contribution in [-0.2, 0) is 4.74 Å². The third-order valence-electron chi connectivity index (χ3n) is 2.81. The number of carbonyl (C=O) groups excluding carboxylic acids is 1. The number of carbonyl (C=O) groups is 1. The summed E-state index contributed by atoms with van der Waals surface area (Å²) in [4.78, 5) is 11.6. The summed E-state index contributed by atoms with van der Waals surface area (Å²) in [7, 11) is 0. The molecule has 0 aromatic carbocycles. The minimum Gasteiger partial charge on any atom is -0.459 e. The molecule has 1 aliphatic heterocycles. The number of rotatable bonds is 2. The van der Waals surface area contributed by atoms with E-state index in [2.05, 4.69) is 16.2 Å². The van der Waals surface area contributed by atoms with Gasteiger partial charge in [-0.1, -0.05) is 0 Å². The first kappa shape index (κ1) is 15.7. The molecule has 1 saturated heterocycles. The maximum absolute atomic E-state index is 11.6. The second kappa shape index (κ2) is 6.83. The fourth-order valence-corrected chi connectivity index (χ4v) is 1.85. The van der Waals surface area contributed by atoms with Crippen LogP contribution in [0.1, 0.15) is 10.6 Å². The number of hydrazine groups is 1. The number of aliphatic hydroxyl groups is 3. The lowest BCUT2D eigenvalue weighted by Crippen LogP contribution is -2.61. The van der Waals surface area contributed by atoms with Gasteiger partial charge in [0.15, 0.2) is 17.1 Å². The van der Waals surface area contributed by atoms with Crippen LogP contribution < -0.4 is 16.2 Å². The molecule has 116 valence electrons. The standard InChI is InChI=1S/C11H15N3O6S/c15-5-4-20-10(8(17)7(5)16)12-11(21)14-13-9(18)6-2-1-3-19-6/h1-3,5,7-8,10,15-17H,4H2,(H,13,18)(H2,12,14,21). The van der Waals surface area contributed by atoms with Gasteiger partial charge in [-0.15, -0.1) is 0 Å². The lowest BCUT2D eigenvalue weighted by molar-refractivity contribution is -0.190. The molecule has 0 aliphatic carbocycles. The van der Waals surface area contributed by atoms with Crippen LogP contribution >= 0.6 is 12.2 Å². The molecule has 6 N–H and O–H groups in total. The number of aliphatic hydroxyl groups excluding tert-OH is 3. The fraction of sp³-hybridized carbons (Fsp3) is 0.455. The molecule has 0 radical (unpaired) electrons. The molecule has 0 saturated carbocycles. The van der Waals surface area contributed by atoms with E-state index in [1.165, 1.54) is 12.3 Å². The molecule has 1 amide bonds. The second-order valence-corrected chi connectivity index (χ2v) is 4.74. The van der Waals surface area contributed by atoms with Crippen molar-refractivity contribution in [2.75, 3.05) is 6.61 Å². The highest BCUT2D eigenvalue weighted by molar-refractivity contribution is 7.80. The van der Waals surface area contributed by atoms with Gasteiger partial charge in [-0.05, 0) is 24.4 Å². The zero-order valence-electron chi connectivity index (χ0n) is 10.7. The number of furan rings is 1. The molecule has 9 nitrogen and oxygen atoms in total. The molecule has 10 heteroatoms. The number of thiocarbonyl (C=S) groups is 1. The lowest BCUT2D eigenvalue weighted by Gasteiger charge is -2.35. The van der Waals surface area contributed by atoms with Crippen LogP contribution in [0.5, 0.6) is 0 Å². The van der Waals surface area contributed by atoms with Gasteiger partial charge in [0.25, 0.3) is 0 Å². The summed E-state index contributed by atoms with van der Waals surface area (Å²) in [6, 6.07) is 3.03. The summed E-state index contributed by atoms with van der Waals surface area (Å²) >= 11 is 4.90. The third-order valence-corrected chi connectivity index (χ3v) is 3.03. The first-order valence-corrected chi connectivity index (χ1v) is 6.46. The summed E-state index contributed by atoms with van der Waals surface area (Å²) in [5, 5.41) is 31.0. The van der Waals surface area contributed by atoms with Crippen LogP contribution in [0.25, 0.3) is 0 Å². The molecular weight excluding hydrogens is 302 g/mol. The summed E-state index contributed by atoms with van der Waals surface area (Å²) in [6.07, 6.45) is -3.54. The Labute approximate surface area is 124 Å². The van der Waals surface area contributed by atoms with Crippen LogP contribution in [0.15, 0.2) is 22.8 Å². The third kappa shape index (κ3) is 3.89. The van der Waals surface area contributed by atoms with Crippen molar-refractivity contribution in [3.05, 3.63) is 24.2 Å². The maximum Gasteiger partial charge on any atom is 0.305 e. The maximum atomic E-state index is 11.6. The molecule has 2 rings (SSSR count). The minimum atomic E-state index is -1.37. The summed E-state index contributed by atoms with van der Waals surface area (Å²) < 4.78 is 9.97. The SMILES string of the molecule is O=C(NNC(=S)NC1OCC(O)C(O)C1O)c1ccco1. The topological polar surface area (TPSA) is 136 Å². The van der Waals surface area contributed by atoms with Crippen LogP contribution in [0.4, 0.5) is 0 Å². The molecule has 2 heterocycles. The minimum absolute atomic E-state index is 0.0393. The smallest absolute Gasteiger partial charge is 0.305 e. The van der Waals surface area contributed by atoms with Gasteiger partial charge < -0.3 is 29.8 Å². The van der Waals surface area contributed by atoms with Crippen molar-refractivity contribution in [3.63, 3.8) is 0 Å². The number of hydrogen-bond donors (Lipinski definition) is 6. The van der Waals surface area contributed by atoms with Crippen LogP contribution in [0.2, 0.25) is 0 Å². The molecule has 0 bridgehead atoms. The Morgan fingerprint density at radius 2 is 2.05 bits per heavy atom. The van der Waals surface area contributed by atoms with Gasteiger partial charge in [-0.3, -0.25) is 15.6 Å². The Kier molecular flexibility index (Phi) is 5.09. The molecule has 4 unspecified atom stereocenters. The van der Waals surface area contributed by atoms with Crippen LogP contribution in [0, 0.1) is 0 Å². The largest absolute Gasteiger partial charge is 0.459 e. The summed E-state index contributed by atoms with van der Waals surface area (Å²) in [5.74, 6) is -0.442. The predicted octanol–water partition coefficient (Wildman–Crippen LogP) is -2.17. The Hall–Kier alpha value is -1.72. The quantitative estimate of drug-likeness (QED) is 0.266. The number of amides is 1. The molecular formula is C11H15N3O6S. The Balaban J connectivity index is 1.78. The lowest BCUT2D eigenvalue weighted by atomic mass is 10.0. The molecule has 1 aliphatic rings. The van der Waals surface area contributed by atoms with Crippen LogP contribution in [-0.4, -0.2) is 57.5 Å². The fourth-order valence-electron chi connectivity index (χ4n) is 1.68. The monoisotopic (exact) mass is 317 g/mol. The van der Waals surface area contributed by atoms with E-state index in [0.717, 1.165) is 0 Å². The highest BCUT2D eigenvalue weighted by atomic mass is 32.1. The van der Waals surface area contributed by atoms with Gasteiger partial charge in [0.2, 0.25) is 0 Å². The van der Waals surface area contributed by atoms with E-state index in [4.69, 9.17) is 21.4 Å². The van der Waals surface area contributed by atoms with Crippen molar-refractivity contribution >= 4 is 23.2 Å². The highest BCUT2D eigenvalue weighted by Gasteiger charge is 2.37. The number of ether oxygens (including phenoxy) is 1. The van der Waals surface area contributed by atoms with Crippen molar-refractivity contribution < 1.29 is 29.3 Å². The molecule has 1 aromatic rings. The molecule has 0 spiro atoms. The first-order chi connectivity index (χ1) is 9.99. The second-order valence-electron chi connectivity index (χ2n) is 4.33. The van der Waals surface area contributed by atoms with Gasteiger partial charge in [-0.2, -0.15) is 0 Å². The Morgan fingerprint density at radius 3 is 2.71 bits per heavy atom. The highest BCUT2D eigenvalue weighted by Crippen LogP contribution is 2.13. The first-order valence-electron chi connectivity index (χ1n) is 6.05. The summed E-state index contributed by atoms with van der Waals surface area (Å²) in [6.45, 7) is -0.155. The van der Waals surface area contributed by atoms with Gasteiger partial charge in [0, 0.05) is 0 Å². The van der Waals surface area contributed by atoms with Gasteiger partial charge >= 0.3 is 5.91 Å². The van der Waals surface area contributed by atoms with Crippen molar-refractivity contribution in [1.82, 2.24) is 16.2 Å². The van der Waals surface area contributed by atoms with Gasteiger partial charge in [0.1, 0.15) is 18.3 Å². The van der Waals surface area contributed by atoms with E-state index >= 15 is 0 Å². The number of hydrogen-bond acceptors (Lipinski definition) is 7. The molecule has 1 aromatic heterocycles. The van der Waals surface area contributed by atoms with Gasteiger partial charge in [-0.25, -0.2) is 0 Å². The Bertz CT molecular complexity index is 496. The number of nitrogens with one attached hydrogen (secondary N) is 3. The average molecular weight is 317 g/mol. The van der Waals surface area contributed by atoms with E-state index in [1.807, 2.05) is 0 Å². The van der Waals surface area contributed by atoms with E-state index in [1.54, 1.807) is 6.07 Å². The predicted molar refractivity (Wildman–Crippen MR) is 72.8 cm³/mol. The van der Waals surface area contributed by atoms with Crippen molar-refractivity contribution in [2.24, 2.45) is 0 Å². The zero-order chi connectivity index (χ0) is 15.4. The van der Waals surface area contributed by atoms with Crippen molar-refractivity contribution in [1.29, 1.82) is 0 Å². The Morgan fingerprint density at radius 1 is 1.29 bits per heavy atom. The average Bonchev–Trinajstić information content (AvgIpc) is 3.00. The van der Waals surface area contributed by atoms with E-state index < -0.39 is 30.4 Å². The van der Waals surface area contributed by atoms with Crippen molar-refractivity contribution in [2.45, 2.75) is 24.5 Å². The van der Waals surface area contributed by atoms with Crippen molar-refractivity contribution in [3.8, 4) is 0 Å². The van der Waals surface area contributed by atoms with E-state index in [-0.39, 0.29) is 17.5 Å². The molecule has 4 atom stereocenters. The molecule has 21 heavy (non-hydrogen) atoms. The van der Waals surface area contributed by atoms with E-state index in [9.17, 15) is 20.1 Å². The van der Waals surface area contributed by atoms with Crippen LogP contribution in [0.3, 0.4) is 0 Å². The normalized spacial score (nSPS) is 28.7. The molecule has 1 fully saturated rings. The zero-order valence-corrected chi connectivity index (χ0v) is 11.5. The van der Waals surface area contributed by atoms with Gasteiger partial charge in [0.05, 0.1) is 12.9 Å². The van der Waals surface area contributed by atoms with E-state index in [0.29, 0.717) is 0 Å². The summed E-state index contributed by atoms with van der Waals surface area (Å²) in [5.41, 5.74) is 4.66.